The van der Waals surface area contributed by atoms with E-state index in [4.69, 9.17) is 12.2 Å². The molecule has 152 valence electrons. The Bertz CT molecular complexity index is 777. The standard InChI is InChI=1S/C25H31N3S/c29-25(26-23-18-19-11-12-22(23)17-19)28-15-13-27(14-16-28)24(20-7-3-1-4-8-20)21-9-5-2-6-10-21/h1-10,19,22-24H,11-18H2,(H,26,29)/t19-,22-,23-/m0/s1. The third-order valence-electron chi connectivity index (χ3n) is 7.24. The van der Waals surface area contributed by atoms with Crippen LogP contribution < -0.4 is 5.32 Å². The van der Waals surface area contributed by atoms with Crippen molar-refractivity contribution < 1.29 is 0 Å². The van der Waals surface area contributed by atoms with Crippen LogP contribution in [-0.2, 0) is 0 Å². The Balaban J connectivity index is 1.24. The predicted octanol–water partition coefficient (Wildman–Crippen LogP) is 4.46. The highest BCUT2D eigenvalue weighted by atomic mass is 32.1. The number of benzene rings is 2. The van der Waals surface area contributed by atoms with Gasteiger partial charge in [0.15, 0.2) is 5.11 Å². The van der Waals surface area contributed by atoms with Gasteiger partial charge < -0.3 is 10.2 Å². The van der Waals surface area contributed by atoms with E-state index in [2.05, 4.69) is 75.8 Å². The van der Waals surface area contributed by atoms with E-state index in [0.717, 1.165) is 43.1 Å². The molecule has 3 fully saturated rings. The minimum absolute atomic E-state index is 0.312. The van der Waals surface area contributed by atoms with Crippen LogP contribution in [0.3, 0.4) is 0 Å². The molecular weight excluding hydrogens is 374 g/mol. The van der Waals surface area contributed by atoms with Crippen LogP contribution in [-0.4, -0.2) is 47.1 Å². The molecule has 1 aliphatic heterocycles. The van der Waals surface area contributed by atoms with E-state index in [1.165, 1.54) is 36.8 Å². The van der Waals surface area contributed by atoms with Crippen molar-refractivity contribution >= 4 is 17.3 Å². The molecule has 2 bridgehead atoms. The fourth-order valence-corrected chi connectivity index (χ4v) is 6.07. The van der Waals surface area contributed by atoms with E-state index in [0.29, 0.717) is 12.1 Å². The summed E-state index contributed by atoms with van der Waals surface area (Å²) in [5.41, 5.74) is 2.74. The molecule has 0 aromatic heterocycles. The van der Waals surface area contributed by atoms with Crippen LogP contribution in [0.4, 0.5) is 0 Å². The van der Waals surface area contributed by atoms with Gasteiger partial charge in [-0.15, -0.1) is 0 Å². The quantitative estimate of drug-likeness (QED) is 0.757. The van der Waals surface area contributed by atoms with E-state index < -0.39 is 0 Å². The lowest BCUT2D eigenvalue weighted by molar-refractivity contribution is 0.148. The molecule has 3 nitrogen and oxygen atoms in total. The van der Waals surface area contributed by atoms with Gasteiger partial charge in [0.05, 0.1) is 6.04 Å². The SMILES string of the molecule is S=C(N[C@H]1C[C@H]2CC[C@H]1C2)N1CCN(C(c2ccccc2)c2ccccc2)CC1. The summed E-state index contributed by atoms with van der Waals surface area (Å²) >= 11 is 5.81. The minimum atomic E-state index is 0.312. The van der Waals surface area contributed by atoms with Crippen molar-refractivity contribution in [1.29, 1.82) is 0 Å². The number of nitrogens with zero attached hydrogens (tertiary/aromatic N) is 2. The number of hydrogen-bond donors (Lipinski definition) is 1. The molecule has 2 aromatic rings. The second kappa shape index (κ2) is 8.45. The highest BCUT2D eigenvalue weighted by Gasteiger charge is 2.40. The lowest BCUT2D eigenvalue weighted by Crippen LogP contribution is -2.54. The van der Waals surface area contributed by atoms with Crippen molar-refractivity contribution in [2.75, 3.05) is 26.2 Å². The molecule has 0 unspecified atom stereocenters. The fourth-order valence-electron chi connectivity index (χ4n) is 5.74. The van der Waals surface area contributed by atoms with Gasteiger partial charge in [-0.3, -0.25) is 4.90 Å². The maximum Gasteiger partial charge on any atom is 0.169 e. The predicted molar refractivity (Wildman–Crippen MR) is 123 cm³/mol. The van der Waals surface area contributed by atoms with Gasteiger partial charge in [0.2, 0.25) is 0 Å². The Morgan fingerprint density at radius 3 is 1.97 bits per heavy atom. The number of thiocarbonyl (C=S) groups is 1. The molecule has 3 aliphatic rings. The summed E-state index contributed by atoms with van der Waals surface area (Å²) in [5.74, 6) is 1.81. The van der Waals surface area contributed by atoms with Crippen LogP contribution in [0, 0.1) is 11.8 Å². The van der Waals surface area contributed by atoms with E-state index in [1.54, 1.807) is 0 Å². The van der Waals surface area contributed by atoms with Gasteiger partial charge in [-0.25, -0.2) is 0 Å². The van der Waals surface area contributed by atoms with Gasteiger partial charge in [-0.1, -0.05) is 67.1 Å². The summed E-state index contributed by atoms with van der Waals surface area (Å²) < 4.78 is 0. The van der Waals surface area contributed by atoms with E-state index in [9.17, 15) is 0 Å². The lowest BCUT2D eigenvalue weighted by atomic mass is 9.95. The Labute approximate surface area is 180 Å². The summed E-state index contributed by atoms with van der Waals surface area (Å²) in [6.45, 7) is 4.08. The van der Waals surface area contributed by atoms with Crippen LogP contribution in [0.1, 0.15) is 42.9 Å². The van der Waals surface area contributed by atoms with Crippen molar-refractivity contribution in [3.8, 4) is 0 Å². The highest BCUT2D eigenvalue weighted by molar-refractivity contribution is 7.80. The Hall–Kier alpha value is -1.91. The number of rotatable bonds is 4. The van der Waals surface area contributed by atoms with Gasteiger partial charge in [0.25, 0.3) is 0 Å². The number of nitrogens with one attached hydrogen (secondary N) is 1. The molecule has 29 heavy (non-hydrogen) atoms. The van der Waals surface area contributed by atoms with Crippen molar-refractivity contribution in [2.45, 2.75) is 37.8 Å². The molecule has 2 aliphatic carbocycles. The largest absolute Gasteiger partial charge is 0.360 e. The third kappa shape index (κ3) is 4.06. The van der Waals surface area contributed by atoms with Crippen LogP contribution in [0.25, 0.3) is 0 Å². The first kappa shape index (κ1) is 19.1. The summed E-state index contributed by atoms with van der Waals surface area (Å²) in [4.78, 5) is 5.01. The fraction of sp³-hybridized carbons (Fsp3) is 0.480. The summed E-state index contributed by atoms with van der Waals surface area (Å²) in [6.07, 6.45) is 5.59. The maximum atomic E-state index is 5.81. The minimum Gasteiger partial charge on any atom is -0.360 e. The first-order valence-electron chi connectivity index (χ1n) is 11.2. The molecule has 1 heterocycles. The second-order valence-electron chi connectivity index (χ2n) is 8.98. The molecule has 1 saturated heterocycles. The Morgan fingerprint density at radius 2 is 1.45 bits per heavy atom. The zero-order valence-corrected chi connectivity index (χ0v) is 17.9. The first-order chi connectivity index (χ1) is 14.3. The maximum absolute atomic E-state index is 5.81. The van der Waals surface area contributed by atoms with Crippen LogP contribution in [0.5, 0.6) is 0 Å². The van der Waals surface area contributed by atoms with Crippen molar-refractivity contribution in [2.24, 2.45) is 11.8 Å². The van der Waals surface area contributed by atoms with Gasteiger partial charge in [0, 0.05) is 32.2 Å². The summed E-state index contributed by atoms with van der Waals surface area (Å²) in [7, 11) is 0. The highest BCUT2D eigenvalue weighted by Crippen LogP contribution is 2.44. The average molecular weight is 406 g/mol. The molecule has 0 spiro atoms. The Morgan fingerprint density at radius 1 is 0.828 bits per heavy atom. The third-order valence-corrected chi connectivity index (χ3v) is 7.62. The number of fused-ring (bicyclic) bond motifs is 2. The molecule has 0 amide bonds. The van der Waals surface area contributed by atoms with Gasteiger partial charge >= 0.3 is 0 Å². The molecule has 2 saturated carbocycles. The molecule has 0 radical (unpaired) electrons. The molecule has 5 rings (SSSR count). The van der Waals surface area contributed by atoms with Gasteiger partial charge in [-0.05, 0) is 54.4 Å². The van der Waals surface area contributed by atoms with Crippen LogP contribution >= 0.6 is 12.2 Å². The van der Waals surface area contributed by atoms with Gasteiger partial charge in [-0.2, -0.15) is 0 Å². The molecule has 3 atom stereocenters. The average Bonchev–Trinajstić information content (AvgIpc) is 3.39. The normalized spacial score (nSPS) is 26.8. The zero-order valence-electron chi connectivity index (χ0n) is 17.0. The first-order valence-corrected chi connectivity index (χ1v) is 11.6. The van der Waals surface area contributed by atoms with E-state index in [1.807, 2.05) is 0 Å². The molecule has 4 heteroatoms. The Kier molecular flexibility index (Phi) is 5.56. The second-order valence-corrected chi connectivity index (χ2v) is 9.36. The lowest BCUT2D eigenvalue weighted by Gasteiger charge is -2.41. The summed E-state index contributed by atoms with van der Waals surface area (Å²) in [6, 6.07) is 22.8. The zero-order chi connectivity index (χ0) is 19.6. The molecular formula is C25H31N3S. The van der Waals surface area contributed by atoms with E-state index >= 15 is 0 Å². The number of piperazine rings is 1. The summed E-state index contributed by atoms with van der Waals surface area (Å²) in [5, 5.41) is 4.71. The van der Waals surface area contributed by atoms with Crippen molar-refractivity contribution in [3.63, 3.8) is 0 Å². The number of hydrogen-bond acceptors (Lipinski definition) is 2. The molecule has 1 N–H and O–H groups in total. The molecule has 2 aromatic carbocycles. The van der Waals surface area contributed by atoms with Crippen molar-refractivity contribution in [3.05, 3.63) is 71.8 Å². The van der Waals surface area contributed by atoms with Gasteiger partial charge in [0.1, 0.15) is 0 Å². The van der Waals surface area contributed by atoms with Crippen LogP contribution in [0.15, 0.2) is 60.7 Å². The monoisotopic (exact) mass is 405 g/mol. The van der Waals surface area contributed by atoms with Crippen molar-refractivity contribution in [1.82, 2.24) is 15.1 Å². The van der Waals surface area contributed by atoms with E-state index in [-0.39, 0.29) is 0 Å². The van der Waals surface area contributed by atoms with Crippen LogP contribution in [0.2, 0.25) is 0 Å². The smallest absolute Gasteiger partial charge is 0.169 e. The topological polar surface area (TPSA) is 18.5 Å².